The van der Waals surface area contributed by atoms with Crippen LogP contribution in [0, 0.1) is 0 Å². The molecule has 1 unspecified atom stereocenters. The van der Waals surface area contributed by atoms with Gasteiger partial charge in [0.2, 0.25) is 0 Å². The SMILES string of the molecule is CN1c2ccccc2C(C(F)(F)F)=NCC1(N)C=O. The average Bonchev–Trinajstić information content (AvgIpc) is 2.47. The Hall–Kier alpha value is -1.89. The van der Waals surface area contributed by atoms with Crippen LogP contribution in [0.3, 0.4) is 0 Å². The topological polar surface area (TPSA) is 58.7 Å². The molecule has 2 N–H and O–H groups in total. The number of halogens is 3. The molecule has 2 rings (SSSR count). The fourth-order valence-electron chi connectivity index (χ4n) is 1.95. The van der Waals surface area contributed by atoms with Crippen LogP contribution in [-0.4, -0.2) is 37.4 Å². The Morgan fingerprint density at radius 3 is 2.63 bits per heavy atom. The number of benzodiazepines with no additional fused rings is 1. The molecule has 102 valence electrons. The summed E-state index contributed by atoms with van der Waals surface area (Å²) >= 11 is 0. The highest BCUT2D eigenvalue weighted by atomic mass is 19.4. The number of hydrogen-bond donors (Lipinski definition) is 1. The van der Waals surface area contributed by atoms with Crippen molar-refractivity contribution < 1.29 is 18.0 Å². The third kappa shape index (κ3) is 2.21. The lowest BCUT2D eigenvalue weighted by atomic mass is 10.1. The molecule has 0 fully saturated rings. The van der Waals surface area contributed by atoms with E-state index in [9.17, 15) is 18.0 Å². The zero-order chi connectivity index (χ0) is 14.3. The fraction of sp³-hybridized carbons (Fsp3) is 0.333. The highest BCUT2D eigenvalue weighted by Crippen LogP contribution is 2.33. The van der Waals surface area contributed by atoms with Crippen LogP contribution in [0.25, 0.3) is 0 Å². The van der Waals surface area contributed by atoms with E-state index in [0.717, 1.165) is 0 Å². The third-order valence-corrected chi connectivity index (χ3v) is 3.11. The smallest absolute Gasteiger partial charge is 0.348 e. The molecule has 0 saturated heterocycles. The number of likely N-dealkylation sites (N-methyl/N-ethyl adjacent to an activating group) is 1. The molecule has 4 nitrogen and oxygen atoms in total. The molecule has 1 aromatic rings. The summed E-state index contributed by atoms with van der Waals surface area (Å²) in [5.41, 5.74) is 3.37. The molecule has 0 spiro atoms. The van der Waals surface area contributed by atoms with E-state index in [0.29, 0.717) is 6.29 Å². The van der Waals surface area contributed by atoms with Gasteiger partial charge in [0.15, 0.2) is 11.9 Å². The Bertz CT molecular complexity index is 541. The van der Waals surface area contributed by atoms with Crippen LogP contribution >= 0.6 is 0 Å². The zero-order valence-electron chi connectivity index (χ0n) is 10.1. The van der Waals surface area contributed by atoms with E-state index >= 15 is 0 Å². The summed E-state index contributed by atoms with van der Waals surface area (Å²) < 4.78 is 39.0. The van der Waals surface area contributed by atoms with Gasteiger partial charge in [-0.05, 0) is 6.07 Å². The predicted octanol–water partition coefficient (Wildman–Crippen LogP) is 1.34. The molecule has 0 saturated carbocycles. The second-order valence-electron chi connectivity index (χ2n) is 4.35. The van der Waals surface area contributed by atoms with E-state index in [2.05, 4.69) is 4.99 Å². The molecule has 1 heterocycles. The molecule has 1 aromatic carbocycles. The molecule has 19 heavy (non-hydrogen) atoms. The average molecular weight is 271 g/mol. The van der Waals surface area contributed by atoms with Gasteiger partial charge in [0.05, 0.1) is 6.54 Å². The summed E-state index contributed by atoms with van der Waals surface area (Å²) in [5.74, 6) is 0. The van der Waals surface area contributed by atoms with E-state index in [1.54, 1.807) is 6.07 Å². The van der Waals surface area contributed by atoms with Crippen LogP contribution in [0.4, 0.5) is 18.9 Å². The number of carbonyl (C=O) groups is 1. The third-order valence-electron chi connectivity index (χ3n) is 3.11. The van der Waals surface area contributed by atoms with Crippen LogP contribution in [0.15, 0.2) is 29.3 Å². The van der Waals surface area contributed by atoms with E-state index in [1.807, 2.05) is 0 Å². The number of nitrogens with zero attached hydrogens (tertiary/aromatic N) is 2. The molecule has 0 aliphatic carbocycles. The highest BCUT2D eigenvalue weighted by molar-refractivity contribution is 6.09. The molecule has 1 aliphatic rings. The highest BCUT2D eigenvalue weighted by Gasteiger charge is 2.43. The van der Waals surface area contributed by atoms with Gasteiger partial charge in [0.25, 0.3) is 0 Å². The molecule has 0 radical (unpaired) electrons. The van der Waals surface area contributed by atoms with Gasteiger partial charge >= 0.3 is 6.18 Å². The summed E-state index contributed by atoms with van der Waals surface area (Å²) in [4.78, 5) is 15.9. The number of fused-ring (bicyclic) bond motifs is 1. The van der Waals surface area contributed by atoms with E-state index < -0.39 is 24.1 Å². The van der Waals surface area contributed by atoms with Gasteiger partial charge in [0, 0.05) is 18.3 Å². The van der Waals surface area contributed by atoms with Gasteiger partial charge in [-0.25, -0.2) is 0 Å². The summed E-state index contributed by atoms with van der Waals surface area (Å²) in [6, 6.07) is 5.86. The summed E-state index contributed by atoms with van der Waals surface area (Å²) in [7, 11) is 1.47. The quantitative estimate of drug-likeness (QED) is 0.784. The van der Waals surface area contributed by atoms with E-state index in [4.69, 9.17) is 5.73 Å². The monoisotopic (exact) mass is 271 g/mol. The first-order valence-corrected chi connectivity index (χ1v) is 5.50. The molecular weight excluding hydrogens is 259 g/mol. The molecule has 0 amide bonds. The Kier molecular flexibility index (Phi) is 3.09. The van der Waals surface area contributed by atoms with Crippen molar-refractivity contribution in [1.82, 2.24) is 0 Å². The maximum atomic E-state index is 13.0. The van der Waals surface area contributed by atoms with Crippen molar-refractivity contribution >= 4 is 17.7 Å². The van der Waals surface area contributed by atoms with Crippen LogP contribution in [0.5, 0.6) is 0 Å². The first-order valence-electron chi connectivity index (χ1n) is 5.50. The zero-order valence-corrected chi connectivity index (χ0v) is 10.1. The van der Waals surface area contributed by atoms with Crippen molar-refractivity contribution in [2.45, 2.75) is 11.8 Å². The van der Waals surface area contributed by atoms with Crippen molar-refractivity contribution in [3.8, 4) is 0 Å². The number of aldehydes is 1. The Balaban J connectivity index is 2.68. The Labute approximate surface area is 107 Å². The standard InChI is InChI=1S/C12H12F3N3O/c1-18-9-5-3-2-4-8(9)10(12(13,14)15)17-6-11(18,16)7-19/h2-5,7H,6,16H2,1H3. The summed E-state index contributed by atoms with van der Waals surface area (Å²) in [6.07, 6.45) is -4.18. The fourth-order valence-corrected chi connectivity index (χ4v) is 1.95. The van der Waals surface area contributed by atoms with E-state index in [1.165, 1.54) is 30.1 Å². The Morgan fingerprint density at radius 1 is 1.42 bits per heavy atom. The molecule has 0 aromatic heterocycles. The molecule has 7 heteroatoms. The van der Waals surface area contributed by atoms with Crippen molar-refractivity contribution in [2.24, 2.45) is 10.7 Å². The van der Waals surface area contributed by atoms with Gasteiger partial charge in [-0.1, -0.05) is 18.2 Å². The minimum absolute atomic E-state index is 0.0772. The lowest BCUT2D eigenvalue weighted by Gasteiger charge is -2.33. The number of aliphatic imine (C=N–C) groups is 1. The van der Waals surface area contributed by atoms with Gasteiger partial charge in [-0.3, -0.25) is 9.79 Å². The van der Waals surface area contributed by atoms with Crippen LogP contribution in [0.1, 0.15) is 5.56 Å². The first kappa shape index (κ1) is 13.5. The van der Waals surface area contributed by atoms with Crippen molar-refractivity contribution in [1.29, 1.82) is 0 Å². The second kappa shape index (κ2) is 4.34. The minimum atomic E-state index is -4.59. The number of nitrogens with two attached hydrogens (primary N) is 1. The number of rotatable bonds is 1. The van der Waals surface area contributed by atoms with Gasteiger partial charge < -0.3 is 10.6 Å². The molecule has 0 bridgehead atoms. The van der Waals surface area contributed by atoms with Crippen molar-refractivity contribution in [2.75, 3.05) is 18.5 Å². The van der Waals surface area contributed by atoms with Gasteiger partial charge in [-0.2, -0.15) is 13.2 Å². The summed E-state index contributed by atoms with van der Waals surface area (Å²) in [6.45, 7) is -0.448. The first-order chi connectivity index (χ1) is 8.79. The second-order valence-corrected chi connectivity index (χ2v) is 4.35. The van der Waals surface area contributed by atoms with Crippen LogP contribution in [-0.2, 0) is 4.79 Å². The lowest BCUT2D eigenvalue weighted by molar-refractivity contribution is -0.111. The van der Waals surface area contributed by atoms with Gasteiger partial charge in [0.1, 0.15) is 5.71 Å². The maximum absolute atomic E-state index is 13.0. The molecule has 1 aliphatic heterocycles. The minimum Gasteiger partial charge on any atom is -0.348 e. The van der Waals surface area contributed by atoms with Gasteiger partial charge in [-0.15, -0.1) is 0 Å². The van der Waals surface area contributed by atoms with Crippen LogP contribution in [0.2, 0.25) is 0 Å². The largest absolute Gasteiger partial charge is 0.433 e. The lowest BCUT2D eigenvalue weighted by Crippen LogP contribution is -2.58. The number of carbonyl (C=O) groups excluding carboxylic acids is 1. The number of hydrogen-bond acceptors (Lipinski definition) is 4. The predicted molar refractivity (Wildman–Crippen MR) is 65.3 cm³/mol. The molecular formula is C12H12F3N3O. The normalized spacial score (nSPS) is 23.4. The van der Waals surface area contributed by atoms with Crippen molar-refractivity contribution in [3.63, 3.8) is 0 Å². The molecule has 1 atom stereocenters. The number of para-hydroxylation sites is 1. The van der Waals surface area contributed by atoms with E-state index in [-0.39, 0.29) is 11.3 Å². The number of alkyl halides is 3. The van der Waals surface area contributed by atoms with Crippen molar-refractivity contribution in [3.05, 3.63) is 29.8 Å². The maximum Gasteiger partial charge on any atom is 0.433 e. The summed E-state index contributed by atoms with van der Waals surface area (Å²) in [5, 5.41) is 0. The number of benzene rings is 1. The van der Waals surface area contributed by atoms with Crippen LogP contribution < -0.4 is 10.6 Å². The number of anilines is 1. The Morgan fingerprint density at radius 2 is 2.05 bits per heavy atom.